The van der Waals surface area contributed by atoms with E-state index in [1.165, 1.54) is 11.1 Å². The van der Waals surface area contributed by atoms with Gasteiger partial charge in [0.1, 0.15) is 0 Å². The zero-order chi connectivity index (χ0) is 21.1. The van der Waals surface area contributed by atoms with E-state index in [1.807, 2.05) is 24.2 Å². The van der Waals surface area contributed by atoms with E-state index >= 15 is 0 Å². The van der Waals surface area contributed by atoms with Crippen molar-refractivity contribution in [2.75, 3.05) is 18.4 Å². The first-order valence-corrected chi connectivity index (χ1v) is 10.3. The molecule has 1 aromatic carbocycles. The van der Waals surface area contributed by atoms with Crippen LogP contribution in [0.4, 0.5) is 16.4 Å². The van der Waals surface area contributed by atoms with Crippen molar-refractivity contribution < 1.29 is 4.79 Å². The van der Waals surface area contributed by atoms with Crippen LogP contribution in [0, 0.1) is 6.92 Å². The van der Waals surface area contributed by atoms with E-state index in [1.54, 1.807) is 17.1 Å². The highest BCUT2D eigenvalue weighted by Gasteiger charge is 2.20. The number of benzene rings is 1. The molecule has 0 radical (unpaired) electrons. The lowest BCUT2D eigenvalue weighted by atomic mass is 9.93. The summed E-state index contributed by atoms with van der Waals surface area (Å²) in [4.78, 5) is 23.0. The highest BCUT2D eigenvalue weighted by Crippen LogP contribution is 2.28. The van der Waals surface area contributed by atoms with Gasteiger partial charge in [0.25, 0.3) is 0 Å². The minimum Gasteiger partial charge on any atom is -0.334 e. The molecule has 0 bridgehead atoms. The molecule has 1 aliphatic heterocycles. The van der Waals surface area contributed by atoms with Crippen LogP contribution >= 0.6 is 0 Å². The Morgan fingerprint density at radius 2 is 2.07 bits per heavy atom. The molecule has 30 heavy (non-hydrogen) atoms. The average Bonchev–Trinajstić information content (AvgIpc) is 3.10. The van der Waals surface area contributed by atoms with Crippen LogP contribution in [0.5, 0.6) is 0 Å². The molecule has 2 amide bonds. The summed E-state index contributed by atoms with van der Waals surface area (Å²) in [6.45, 7) is 6.50. The number of nitrogens with zero attached hydrogens (tertiary/aromatic N) is 5. The fourth-order valence-corrected chi connectivity index (χ4v) is 3.68. The van der Waals surface area contributed by atoms with Crippen LogP contribution in [0.2, 0.25) is 0 Å². The molecule has 0 unspecified atom stereocenters. The molecule has 1 saturated heterocycles. The van der Waals surface area contributed by atoms with E-state index in [2.05, 4.69) is 46.7 Å². The molecule has 4 rings (SSSR count). The lowest BCUT2D eigenvalue weighted by molar-refractivity contribution is 0.167. The normalized spacial score (nSPS) is 13.1. The van der Waals surface area contributed by atoms with Gasteiger partial charge < -0.3 is 15.5 Å². The monoisotopic (exact) mass is 405 g/mol. The van der Waals surface area contributed by atoms with Crippen molar-refractivity contribution in [3.63, 3.8) is 0 Å². The van der Waals surface area contributed by atoms with Gasteiger partial charge >= 0.3 is 6.03 Å². The summed E-state index contributed by atoms with van der Waals surface area (Å²) in [5.41, 5.74) is 6.36. The van der Waals surface area contributed by atoms with Gasteiger partial charge in [0.15, 0.2) is 0 Å². The maximum absolute atomic E-state index is 12.1. The van der Waals surface area contributed by atoms with Crippen LogP contribution in [0.25, 0.3) is 11.3 Å². The number of nitrogens with one attached hydrogen (secondary N) is 2. The minimum atomic E-state index is 0.0182. The maximum Gasteiger partial charge on any atom is 0.317 e. The molecule has 8 heteroatoms. The molecule has 0 saturated carbocycles. The summed E-state index contributed by atoms with van der Waals surface area (Å²) in [6, 6.07) is 6.11. The number of aromatic nitrogens is 4. The smallest absolute Gasteiger partial charge is 0.317 e. The second kappa shape index (κ2) is 8.52. The van der Waals surface area contributed by atoms with Crippen molar-refractivity contribution in [1.82, 2.24) is 30.0 Å². The Hall–Kier alpha value is -3.42. The number of hydrogen-bond donors (Lipinski definition) is 2. The first-order chi connectivity index (χ1) is 14.5. The molecule has 156 valence electrons. The van der Waals surface area contributed by atoms with Crippen LogP contribution in [0.1, 0.15) is 30.0 Å². The predicted molar refractivity (Wildman–Crippen MR) is 116 cm³/mol. The largest absolute Gasteiger partial charge is 0.334 e. The van der Waals surface area contributed by atoms with E-state index in [0.717, 1.165) is 48.4 Å². The zero-order valence-corrected chi connectivity index (χ0v) is 17.6. The summed E-state index contributed by atoms with van der Waals surface area (Å²) in [5, 5.41) is 10.4. The number of anilines is 2. The molecular weight excluding hydrogens is 378 g/mol. The molecule has 3 aromatic rings. The third kappa shape index (κ3) is 4.12. The Morgan fingerprint density at radius 3 is 2.73 bits per heavy atom. The molecule has 0 aliphatic carbocycles. The van der Waals surface area contributed by atoms with E-state index in [4.69, 9.17) is 4.98 Å². The summed E-state index contributed by atoms with van der Waals surface area (Å²) in [5.74, 6) is 0.533. The quantitative estimate of drug-likeness (QED) is 0.656. The fourth-order valence-electron chi connectivity index (χ4n) is 3.68. The Morgan fingerprint density at radius 1 is 1.23 bits per heavy atom. The van der Waals surface area contributed by atoms with E-state index in [9.17, 15) is 4.79 Å². The Kier molecular flexibility index (Phi) is 5.65. The van der Waals surface area contributed by atoms with Gasteiger partial charge in [-0.05, 0) is 42.5 Å². The topological polar surface area (TPSA) is 88.0 Å². The van der Waals surface area contributed by atoms with Gasteiger partial charge in [0, 0.05) is 44.6 Å². The molecular formula is C22H27N7O. The van der Waals surface area contributed by atoms with Gasteiger partial charge in [0.05, 0.1) is 17.6 Å². The minimum absolute atomic E-state index is 0.0182. The predicted octanol–water partition coefficient (Wildman–Crippen LogP) is 3.41. The van der Waals surface area contributed by atoms with Crippen molar-refractivity contribution in [3.05, 3.63) is 53.5 Å². The molecule has 0 atom stereocenters. The second-order valence-electron chi connectivity index (χ2n) is 7.52. The summed E-state index contributed by atoms with van der Waals surface area (Å²) in [6.07, 6.45) is 7.35. The van der Waals surface area contributed by atoms with Crippen molar-refractivity contribution >= 4 is 17.7 Å². The van der Waals surface area contributed by atoms with E-state index in [0.29, 0.717) is 12.5 Å². The lowest BCUT2D eigenvalue weighted by Crippen LogP contribution is -2.47. The molecule has 8 nitrogen and oxygen atoms in total. The van der Waals surface area contributed by atoms with Crippen LogP contribution in [-0.4, -0.2) is 43.8 Å². The van der Waals surface area contributed by atoms with Gasteiger partial charge in [-0.1, -0.05) is 19.1 Å². The molecule has 1 aliphatic rings. The lowest BCUT2D eigenvalue weighted by Gasteiger charge is -2.31. The van der Waals surface area contributed by atoms with Crippen LogP contribution < -0.4 is 10.6 Å². The first kappa shape index (κ1) is 19.9. The van der Waals surface area contributed by atoms with Gasteiger partial charge in [-0.15, -0.1) is 0 Å². The van der Waals surface area contributed by atoms with Gasteiger partial charge in [-0.25, -0.2) is 14.8 Å². The summed E-state index contributed by atoms with van der Waals surface area (Å²) < 4.78 is 1.73. The number of urea groups is 1. The van der Waals surface area contributed by atoms with Gasteiger partial charge in [-0.3, -0.25) is 4.68 Å². The maximum atomic E-state index is 12.1. The van der Waals surface area contributed by atoms with Crippen molar-refractivity contribution in [2.24, 2.45) is 7.05 Å². The second-order valence-corrected chi connectivity index (χ2v) is 7.52. The number of amides is 2. The molecule has 2 aromatic heterocycles. The number of likely N-dealkylation sites (tertiary alicyclic amines) is 1. The Bertz CT molecular complexity index is 1060. The van der Waals surface area contributed by atoms with Gasteiger partial charge in [-0.2, -0.15) is 5.10 Å². The Labute approximate surface area is 176 Å². The highest BCUT2D eigenvalue weighted by molar-refractivity contribution is 5.75. The molecule has 1 fully saturated rings. The zero-order valence-electron chi connectivity index (χ0n) is 17.6. The number of rotatable bonds is 6. The fraction of sp³-hybridized carbons (Fsp3) is 0.364. The van der Waals surface area contributed by atoms with Crippen molar-refractivity contribution in [1.29, 1.82) is 0 Å². The third-order valence-electron chi connectivity index (χ3n) is 5.53. The van der Waals surface area contributed by atoms with Crippen molar-refractivity contribution in [2.45, 2.75) is 33.2 Å². The van der Waals surface area contributed by atoms with Crippen LogP contribution in [0.3, 0.4) is 0 Å². The SMILES string of the molecule is CCc1c(-c2ccnc(Nc3cnn(C)c3)n2)ccc(CNC(=O)N2CCC2)c1C. The van der Waals surface area contributed by atoms with Crippen molar-refractivity contribution in [3.8, 4) is 11.3 Å². The highest BCUT2D eigenvalue weighted by atomic mass is 16.2. The number of carbonyl (C=O) groups excluding carboxylic acids is 1. The molecule has 2 N–H and O–H groups in total. The standard InChI is InChI=1S/C22H27N7O/c1-4-18-15(2)16(12-24-22(30)29-10-5-11-29)6-7-19(18)20-8-9-23-21(27-20)26-17-13-25-28(3)14-17/h6-9,13-14H,4-5,10-12H2,1-3H3,(H,24,30)(H,23,26,27). The number of hydrogen-bond acceptors (Lipinski definition) is 5. The number of aryl methyl sites for hydroxylation is 1. The van der Waals surface area contributed by atoms with E-state index in [-0.39, 0.29) is 6.03 Å². The Balaban J connectivity index is 1.55. The van der Waals surface area contributed by atoms with Gasteiger partial charge in [0.2, 0.25) is 5.95 Å². The summed E-state index contributed by atoms with van der Waals surface area (Å²) >= 11 is 0. The molecule has 3 heterocycles. The van der Waals surface area contributed by atoms with E-state index < -0.39 is 0 Å². The molecule has 0 spiro atoms. The number of carbonyl (C=O) groups is 1. The first-order valence-electron chi connectivity index (χ1n) is 10.3. The average molecular weight is 406 g/mol. The van der Waals surface area contributed by atoms with Crippen LogP contribution in [0.15, 0.2) is 36.8 Å². The van der Waals surface area contributed by atoms with Crippen LogP contribution in [-0.2, 0) is 20.0 Å². The third-order valence-corrected chi connectivity index (χ3v) is 5.53. The summed E-state index contributed by atoms with van der Waals surface area (Å²) in [7, 11) is 1.87.